The van der Waals surface area contributed by atoms with Gasteiger partial charge in [0.2, 0.25) is 0 Å². The molecule has 2 atom stereocenters. The number of aliphatic hydroxyl groups excluding tert-OH is 1. The van der Waals surface area contributed by atoms with Gasteiger partial charge in [-0.15, -0.1) is 0 Å². The van der Waals surface area contributed by atoms with Gasteiger partial charge in [0, 0.05) is 41.0 Å². The summed E-state index contributed by atoms with van der Waals surface area (Å²) in [6, 6.07) is 78.9. The Bertz CT molecular complexity index is 4180. The maximum absolute atomic E-state index is 12.3. The average Bonchev–Trinajstić information content (AvgIpc) is 0.822. The molecule has 0 unspecified atom stereocenters. The maximum Gasteiger partial charge on any atom is 0.410 e. The van der Waals surface area contributed by atoms with Crippen molar-refractivity contribution in [2.45, 2.75) is 143 Å². The molecule has 2 aliphatic heterocycles. The summed E-state index contributed by atoms with van der Waals surface area (Å²) in [4.78, 5) is 43.6. The number of aromatic nitrogens is 2. The zero-order chi connectivity index (χ0) is 79.0. The average molecular weight is 2000 g/mol. The molecule has 2 fully saturated rings. The van der Waals surface area contributed by atoms with Crippen LogP contribution in [0.4, 0.5) is 9.59 Å². The zero-order valence-electron chi connectivity index (χ0n) is 65.1. The SMILES string of the molecule is BrCc1cccc(I)c1.CC(C)(C)OC(=O)N1CC[C@H]1COc1cnc[c]([Sn]([CH3])([CH3])[CH3])c1.CC(C)(C)OC(=O)N1CC[C@H]1COc1cncc(-c2cccc(CCOCc3ccccc3)c2)c1.Ic1cccc(COCCc2ccccc2)c1.Ic1cccc(COCCc2ccccc2)c1.OCCc1ccccc1. The number of carbonyl (C=O) groups is 2. The third-order valence-electron chi connectivity index (χ3n) is 17.0. The molecule has 8 aromatic carbocycles. The van der Waals surface area contributed by atoms with Crippen LogP contribution in [0.1, 0.15) is 98.9 Å². The van der Waals surface area contributed by atoms with Crippen LogP contribution in [0.25, 0.3) is 11.1 Å². The number of amides is 2. The maximum atomic E-state index is 12.3. The predicted octanol–water partition coefficient (Wildman–Crippen LogP) is 21.4. The number of rotatable bonds is 26. The van der Waals surface area contributed by atoms with Gasteiger partial charge >= 0.3 is 149 Å². The van der Waals surface area contributed by atoms with Crippen LogP contribution in [0.2, 0.25) is 14.8 Å². The summed E-state index contributed by atoms with van der Waals surface area (Å²) >= 11 is 8.20. The minimum atomic E-state index is -2.13. The van der Waals surface area contributed by atoms with E-state index in [1.165, 1.54) is 58.8 Å². The fraction of sp³-hybridized carbons (Fsp3) is 0.341. The molecular weight excluding hydrogens is 1890 g/mol. The summed E-state index contributed by atoms with van der Waals surface area (Å²) in [5.74, 6) is 1.49. The third kappa shape index (κ3) is 36.5. The number of nitrogens with zero attached hydrogens (tertiary/aromatic N) is 4. The van der Waals surface area contributed by atoms with E-state index in [-0.39, 0.29) is 30.9 Å². The van der Waals surface area contributed by atoms with Crippen molar-refractivity contribution in [3.8, 4) is 22.6 Å². The van der Waals surface area contributed by atoms with Crippen molar-refractivity contribution in [2.24, 2.45) is 0 Å². The van der Waals surface area contributed by atoms with Crippen molar-refractivity contribution in [2.75, 3.05) is 52.7 Å². The number of ether oxygens (including phenoxy) is 7. The van der Waals surface area contributed by atoms with E-state index in [4.69, 9.17) is 38.3 Å². The fourth-order valence-electron chi connectivity index (χ4n) is 10.9. The van der Waals surface area contributed by atoms with Gasteiger partial charge in [0.1, 0.15) is 18.0 Å². The first-order chi connectivity index (χ1) is 52.9. The van der Waals surface area contributed by atoms with Crippen molar-refractivity contribution in [1.82, 2.24) is 19.8 Å². The smallest absolute Gasteiger partial charge is 0.410 e. The molecule has 2 amide bonds. The molecule has 19 heteroatoms. The van der Waals surface area contributed by atoms with E-state index in [0.717, 1.165) is 80.5 Å². The number of alkyl halides is 1. The summed E-state index contributed by atoms with van der Waals surface area (Å²) in [5.41, 5.74) is 11.2. The second kappa shape index (κ2) is 49.2. The summed E-state index contributed by atoms with van der Waals surface area (Å²) in [6.07, 6.45) is 12.1. The number of hydrogen-bond acceptors (Lipinski definition) is 12. The molecule has 2 saturated heterocycles. The van der Waals surface area contributed by atoms with Crippen LogP contribution in [0, 0.1) is 10.7 Å². The molecule has 0 radical (unpaired) electrons. The number of benzene rings is 8. The van der Waals surface area contributed by atoms with Crippen LogP contribution in [-0.2, 0) is 74.5 Å². The van der Waals surface area contributed by atoms with E-state index in [0.29, 0.717) is 51.9 Å². The number of hydrogen-bond donors (Lipinski definition) is 1. The van der Waals surface area contributed by atoms with Gasteiger partial charge in [-0.25, -0.2) is 4.79 Å². The Balaban J connectivity index is 0.000000195. The molecule has 1 N–H and O–H groups in total. The zero-order valence-corrected chi connectivity index (χ0v) is 76.0. The van der Waals surface area contributed by atoms with Gasteiger partial charge < -0.3 is 33.7 Å². The van der Waals surface area contributed by atoms with Gasteiger partial charge in [0.05, 0.1) is 51.9 Å². The number of halogens is 4. The fourth-order valence-corrected chi connectivity index (χ4v) is 16.0. The van der Waals surface area contributed by atoms with Crippen LogP contribution >= 0.6 is 83.7 Å². The first-order valence-corrected chi connectivity index (χ1v) is 51.8. The van der Waals surface area contributed by atoms with Crippen LogP contribution < -0.4 is 13.1 Å². The summed E-state index contributed by atoms with van der Waals surface area (Å²) in [6.45, 7) is 18.1. The monoisotopic (exact) mass is 2000 g/mol. The molecule has 4 heterocycles. The van der Waals surface area contributed by atoms with Crippen molar-refractivity contribution in [1.29, 1.82) is 0 Å². The Morgan fingerprint density at radius 3 is 1.21 bits per heavy atom. The van der Waals surface area contributed by atoms with E-state index >= 15 is 0 Å². The second-order valence-electron chi connectivity index (χ2n) is 29.5. The number of pyridine rings is 2. The molecule has 2 aliphatic rings. The Hall–Kier alpha value is -6.49. The van der Waals surface area contributed by atoms with Gasteiger partial charge in [-0.3, -0.25) is 4.98 Å². The Kier molecular flexibility index (Phi) is 40.6. The van der Waals surface area contributed by atoms with E-state index in [2.05, 4.69) is 272 Å². The number of carbonyl (C=O) groups excluding carboxylic acids is 2. The van der Waals surface area contributed by atoms with E-state index < -0.39 is 29.6 Å². The third-order valence-corrected chi connectivity index (χ3v) is 25.4. The predicted molar refractivity (Wildman–Crippen MR) is 477 cm³/mol. The molecule has 584 valence electrons. The second-order valence-corrected chi connectivity index (χ2v) is 48.3. The summed E-state index contributed by atoms with van der Waals surface area (Å²) < 4.78 is 45.1. The van der Waals surface area contributed by atoms with Crippen LogP contribution in [0.3, 0.4) is 0 Å². The molecule has 0 bridgehead atoms. The molecule has 10 aromatic rings. The Morgan fingerprint density at radius 2 is 0.809 bits per heavy atom. The largest absolute Gasteiger partial charge is 0.490 e. The number of aliphatic hydroxyl groups is 1. The van der Waals surface area contributed by atoms with Gasteiger partial charge in [-0.2, -0.15) is 0 Å². The van der Waals surface area contributed by atoms with Gasteiger partial charge in [-0.1, -0.05) is 198 Å². The quantitative estimate of drug-likeness (QED) is 0.0238. The standard InChI is InChI=1S/C29H34N2O4.2C15H15IO.C14H19N2O3.C8H10O.C7H6BrI.3CH3.Sn/c1-29(2,3)35-28(32)31-14-12-26(31)21-34-27-17-25(18-30-19-27)24-11-7-10-22(16-24)13-15-33-20-23-8-5-4-6-9-23;2*16-15-8-4-7-14(11-15)12-17-10-9-13-5-2-1-3-6-13;1-14(2,3)19-13(17)16-8-6-11(16)10-18-12-5-4-7-15-9-12;9-7-6-8-4-2-1-3-5-8;8-5-6-2-1-3-7(9)4-6;;;;/h4-11,16-19,26H,12-15,20-21H2,1-3H3;2*1-8,11H,9-10,12H2;5,7,9,11H,6,8,10H2,1-3H3;1-5,9H,6-7H2;1-4H,5H2;3*1H3;/t26-;;;11-;;;;;;/m0..0....../s1. The topological polar surface area (TPSA) is 151 Å². The summed E-state index contributed by atoms with van der Waals surface area (Å²) in [7, 11) is 0. The first-order valence-electron chi connectivity index (χ1n) is 37.4. The van der Waals surface area contributed by atoms with Crippen molar-refractivity contribution in [3.63, 3.8) is 0 Å². The number of likely N-dealkylation sites (tertiary alicyclic amines) is 2. The minimum Gasteiger partial charge on any atom is -0.490 e. The van der Waals surface area contributed by atoms with Crippen molar-refractivity contribution < 1.29 is 47.9 Å². The Morgan fingerprint density at radius 1 is 0.436 bits per heavy atom. The molecular formula is C91H108BrI3N4O10Sn. The van der Waals surface area contributed by atoms with Gasteiger partial charge in [0.15, 0.2) is 0 Å². The molecule has 0 aliphatic carbocycles. The molecule has 2 aromatic heterocycles. The van der Waals surface area contributed by atoms with Gasteiger partial charge in [-0.05, 0) is 213 Å². The Labute approximate surface area is 707 Å². The molecule has 12 rings (SSSR count). The molecule has 14 nitrogen and oxygen atoms in total. The molecule has 0 spiro atoms. The summed E-state index contributed by atoms with van der Waals surface area (Å²) in [5, 5.41) is 9.47. The van der Waals surface area contributed by atoms with E-state index in [1.54, 1.807) is 22.2 Å². The first kappa shape index (κ1) is 90.7. The van der Waals surface area contributed by atoms with Crippen LogP contribution in [0.15, 0.2) is 255 Å². The van der Waals surface area contributed by atoms with Crippen molar-refractivity contribution in [3.05, 3.63) is 311 Å². The normalized spacial score (nSPS) is 13.5. The molecule has 110 heavy (non-hydrogen) atoms. The van der Waals surface area contributed by atoms with E-state index in [9.17, 15) is 9.59 Å². The van der Waals surface area contributed by atoms with Crippen LogP contribution in [0.5, 0.6) is 11.5 Å². The molecule has 0 saturated carbocycles. The van der Waals surface area contributed by atoms with E-state index in [1.807, 2.05) is 121 Å². The minimum absolute atomic E-state index is 0.0210. The van der Waals surface area contributed by atoms with Crippen molar-refractivity contribution >= 4 is 118 Å². The van der Waals surface area contributed by atoms with Gasteiger partial charge in [0.25, 0.3) is 0 Å². The van der Waals surface area contributed by atoms with Crippen LogP contribution in [-0.4, -0.2) is 131 Å².